The molecule has 5 nitrogen and oxygen atoms in total. The summed E-state index contributed by atoms with van der Waals surface area (Å²) in [6.07, 6.45) is 0. The van der Waals surface area contributed by atoms with Gasteiger partial charge in [0, 0.05) is 5.56 Å². The fraction of sp³-hybridized carbons (Fsp3) is 0.174. The van der Waals surface area contributed by atoms with Gasteiger partial charge in [-0.1, -0.05) is 90.0 Å². The van der Waals surface area contributed by atoms with Crippen LogP contribution in [0.15, 0.2) is 84.9 Å². The van der Waals surface area contributed by atoms with Crippen LogP contribution in [0.4, 0.5) is 0 Å². The number of benzene rings is 3. The second-order valence-electron chi connectivity index (χ2n) is 6.39. The van der Waals surface area contributed by atoms with Crippen molar-refractivity contribution in [3.8, 4) is 5.75 Å². The SMILES string of the molecule is COc1ccccc1CS(=O)(=O)[N-]C(c1ccccc1)C([NH-])c1ccccc1.[CH3-].[Cl][Ru+3]. The summed E-state index contributed by atoms with van der Waals surface area (Å²) in [7, 11) is 2.23. The molecule has 3 rings (SSSR count). The molecular weight excluding hydrogens is 521 g/mol. The summed E-state index contributed by atoms with van der Waals surface area (Å²) in [6.45, 7) is 0. The van der Waals surface area contributed by atoms with Gasteiger partial charge in [-0.05, 0) is 6.07 Å². The molecule has 2 unspecified atom stereocenters. The van der Waals surface area contributed by atoms with Crippen LogP contribution in [0.25, 0.3) is 10.5 Å². The van der Waals surface area contributed by atoms with E-state index in [-0.39, 0.29) is 13.2 Å². The van der Waals surface area contributed by atoms with Crippen LogP contribution in [0.1, 0.15) is 28.8 Å². The van der Waals surface area contributed by atoms with Crippen LogP contribution in [0, 0.1) is 7.43 Å². The average molecular weight is 546 g/mol. The van der Waals surface area contributed by atoms with Gasteiger partial charge in [-0.25, -0.2) is 8.42 Å². The van der Waals surface area contributed by atoms with Gasteiger partial charge in [0.25, 0.3) is 0 Å². The Labute approximate surface area is 199 Å². The second kappa shape index (κ2) is 13.6. The minimum absolute atomic E-state index is 0. The van der Waals surface area contributed by atoms with Crippen LogP contribution in [0.3, 0.4) is 0 Å². The first-order valence-electron chi connectivity index (χ1n) is 9.01. The summed E-state index contributed by atoms with van der Waals surface area (Å²) in [5, 5.41) is 0. The van der Waals surface area contributed by atoms with E-state index >= 15 is 0 Å². The molecule has 2 atom stereocenters. The fourth-order valence-electron chi connectivity index (χ4n) is 3.04. The number of ether oxygens (including phenoxy) is 1. The standard InChI is InChI=1S/C22H22N2O3S.CH3.ClH.Ru/c1-27-20-15-9-8-14-19(20)16-28(25,26)24-22(18-12-6-3-7-13-18)21(23)17-10-4-2-5-11-17;;;/h2-15,21-23H,16H2,1H3;1H3;1H;/q-2;-1;;+4/p-1. The number of halogens is 1. The van der Waals surface area contributed by atoms with Crippen molar-refractivity contribution >= 4 is 19.7 Å². The molecule has 0 aliphatic carbocycles. The van der Waals surface area contributed by atoms with Crippen LogP contribution < -0.4 is 4.74 Å². The summed E-state index contributed by atoms with van der Waals surface area (Å²) < 4.78 is 35.2. The molecule has 0 radical (unpaired) electrons. The average Bonchev–Trinajstić information content (AvgIpc) is 2.80. The van der Waals surface area contributed by atoms with Gasteiger partial charge >= 0.3 is 27.0 Å². The minimum atomic E-state index is -3.84. The Morgan fingerprint density at radius 3 is 1.94 bits per heavy atom. The van der Waals surface area contributed by atoms with Crippen molar-refractivity contribution < 1.29 is 30.5 Å². The second-order valence-corrected chi connectivity index (χ2v) is 8.05. The summed E-state index contributed by atoms with van der Waals surface area (Å²) in [4.78, 5) is 0. The number of para-hydroxylation sites is 1. The van der Waals surface area contributed by atoms with Gasteiger partial charge in [-0.3, -0.25) is 0 Å². The molecule has 0 aliphatic rings. The molecule has 0 amide bonds. The Hall–Kier alpha value is -1.76. The Morgan fingerprint density at radius 1 is 0.903 bits per heavy atom. The number of hydrogen-bond donors (Lipinski definition) is 0. The molecule has 0 spiro atoms. The van der Waals surface area contributed by atoms with Gasteiger partial charge in [0.05, 0.1) is 22.9 Å². The number of hydrogen-bond acceptors (Lipinski definition) is 3. The quantitative estimate of drug-likeness (QED) is 0.237. The van der Waals surface area contributed by atoms with E-state index in [1.807, 2.05) is 65.8 Å². The van der Waals surface area contributed by atoms with E-state index < -0.39 is 22.1 Å². The molecule has 0 bridgehead atoms. The third-order valence-corrected chi connectivity index (χ3v) is 5.64. The van der Waals surface area contributed by atoms with E-state index in [0.717, 1.165) is 0 Å². The molecule has 3 aromatic rings. The monoisotopic (exact) mass is 546 g/mol. The fourth-order valence-corrected chi connectivity index (χ4v) is 4.33. The summed E-state index contributed by atoms with van der Waals surface area (Å²) in [5.74, 6) is 0.227. The molecule has 31 heavy (non-hydrogen) atoms. The number of sulfonamides is 1. The first-order valence-corrected chi connectivity index (χ1v) is 12.9. The van der Waals surface area contributed by atoms with E-state index in [2.05, 4.69) is 14.4 Å². The molecule has 0 saturated carbocycles. The van der Waals surface area contributed by atoms with Crippen molar-refractivity contribution in [1.29, 1.82) is 0 Å². The zero-order valence-corrected chi connectivity index (χ0v) is 20.6. The Bertz CT molecular complexity index is 1010. The molecule has 1 N–H and O–H groups in total. The predicted molar refractivity (Wildman–Crippen MR) is 124 cm³/mol. The van der Waals surface area contributed by atoms with Gasteiger partial charge in [-0.2, -0.15) is 0 Å². The molecule has 0 aromatic heterocycles. The molecule has 3 aromatic carbocycles. The van der Waals surface area contributed by atoms with Crippen LogP contribution in [0.5, 0.6) is 5.75 Å². The van der Waals surface area contributed by atoms with Gasteiger partial charge in [-0.15, -0.1) is 12.1 Å². The first kappa shape index (κ1) is 27.3. The normalized spacial score (nSPS) is 12.5. The zero-order chi connectivity index (χ0) is 22.0. The zero-order valence-electron chi connectivity index (χ0n) is 17.3. The molecule has 8 heteroatoms. The van der Waals surface area contributed by atoms with Gasteiger partial charge in [0.2, 0.25) is 0 Å². The molecular formula is C23H25ClN2O3RuS. The van der Waals surface area contributed by atoms with Gasteiger partial charge < -0.3 is 22.6 Å². The van der Waals surface area contributed by atoms with Crippen molar-refractivity contribution in [2.24, 2.45) is 0 Å². The Morgan fingerprint density at radius 2 is 1.39 bits per heavy atom. The topological polar surface area (TPSA) is 81.3 Å². The van der Waals surface area contributed by atoms with Crippen LogP contribution in [-0.4, -0.2) is 15.5 Å². The third-order valence-electron chi connectivity index (χ3n) is 4.42. The van der Waals surface area contributed by atoms with Gasteiger partial charge in [0.15, 0.2) is 0 Å². The maximum atomic E-state index is 12.9. The van der Waals surface area contributed by atoms with Crippen molar-refractivity contribution in [1.82, 2.24) is 0 Å². The molecule has 0 aliphatic heterocycles. The van der Waals surface area contributed by atoms with Crippen molar-refractivity contribution in [3.63, 3.8) is 0 Å². The summed E-state index contributed by atoms with van der Waals surface area (Å²) >= 11 is 1.82. The van der Waals surface area contributed by atoms with E-state index in [1.54, 1.807) is 36.4 Å². The number of nitrogens with one attached hydrogen (secondary N) is 1. The van der Waals surface area contributed by atoms with Crippen LogP contribution >= 0.6 is 9.69 Å². The van der Waals surface area contributed by atoms with Crippen molar-refractivity contribution in [3.05, 3.63) is 120 Å². The number of methoxy groups -OCH3 is 1. The van der Waals surface area contributed by atoms with E-state index in [1.165, 1.54) is 7.11 Å². The predicted octanol–water partition coefficient (Wildman–Crippen LogP) is 6.57. The maximum absolute atomic E-state index is 12.9. The van der Waals surface area contributed by atoms with Crippen molar-refractivity contribution in [2.45, 2.75) is 17.8 Å². The van der Waals surface area contributed by atoms with Crippen LogP contribution in [0.2, 0.25) is 0 Å². The van der Waals surface area contributed by atoms with E-state index in [0.29, 0.717) is 22.4 Å². The molecule has 0 saturated heterocycles. The third kappa shape index (κ3) is 8.02. The number of nitrogens with zero attached hydrogens (tertiary/aromatic N) is 1. The summed E-state index contributed by atoms with van der Waals surface area (Å²) in [6, 6.07) is 23.6. The first-order chi connectivity index (χ1) is 14.5. The van der Waals surface area contributed by atoms with Crippen molar-refractivity contribution in [2.75, 3.05) is 7.11 Å². The van der Waals surface area contributed by atoms with Crippen LogP contribution in [-0.2, 0) is 33.1 Å². The summed E-state index contributed by atoms with van der Waals surface area (Å²) in [5.41, 5.74) is 10.6. The van der Waals surface area contributed by atoms with E-state index in [9.17, 15) is 8.42 Å². The molecule has 166 valence electrons. The molecule has 0 fully saturated rings. The Kier molecular flexibility index (Phi) is 12.0. The van der Waals surface area contributed by atoms with E-state index in [4.69, 9.17) is 10.5 Å². The Balaban J connectivity index is 0.00000156. The van der Waals surface area contributed by atoms with Gasteiger partial charge in [0.1, 0.15) is 5.75 Å². The number of rotatable bonds is 8. The molecule has 0 heterocycles.